The van der Waals surface area contributed by atoms with Crippen molar-refractivity contribution in [1.29, 1.82) is 0 Å². The molecule has 0 atom stereocenters. The second-order valence-corrected chi connectivity index (χ2v) is 6.34. The number of nitrogens with one attached hydrogen (secondary N) is 1. The first-order chi connectivity index (χ1) is 9.56. The topological polar surface area (TPSA) is 84.7 Å². The summed E-state index contributed by atoms with van der Waals surface area (Å²) in [5.74, 6) is 0. The van der Waals surface area contributed by atoms with Crippen LogP contribution in [0.4, 0.5) is 0 Å². The lowest BCUT2D eigenvalue weighted by atomic mass is 10.1. The normalized spacial score (nSPS) is 17.3. The Morgan fingerprint density at radius 2 is 2.00 bits per heavy atom. The van der Waals surface area contributed by atoms with Crippen LogP contribution in [-0.2, 0) is 27.7 Å². The first-order valence-corrected chi connectivity index (χ1v) is 8.22. The molecule has 0 spiro atoms. The van der Waals surface area contributed by atoms with Gasteiger partial charge < -0.3 is 10.5 Å². The summed E-state index contributed by atoms with van der Waals surface area (Å²) >= 11 is 0. The number of morpholine rings is 1. The summed E-state index contributed by atoms with van der Waals surface area (Å²) in [5.41, 5.74) is 7.63. The Bertz CT molecular complexity index is 554. The zero-order chi connectivity index (χ0) is 14.6. The maximum absolute atomic E-state index is 12.3. The molecule has 6 nitrogen and oxygen atoms in total. The molecule has 0 saturated carbocycles. The van der Waals surface area contributed by atoms with E-state index in [9.17, 15) is 8.42 Å². The van der Waals surface area contributed by atoms with E-state index in [2.05, 4.69) is 4.83 Å². The van der Waals surface area contributed by atoms with E-state index in [1.165, 1.54) is 0 Å². The zero-order valence-corrected chi connectivity index (χ0v) is 12.4. The predicted molar refractivity (Wildman–Crippen MR) is 76.4 cm³/mol. The molecule has 1 aliphatic rings. The maximum Gasteiger partial charge on any atom is 0.253 e. The van der Waals surface area contributed by atoms with Crippen molar-refractivity contribution >= 4 is 10.0 Å². The maximum atomic E-state index is 12.3. The highest BCUT2D eigenvalue weighted by Crippen LogP contribution is 2.17. The molecule has 2 rings (SSSR count). The summed E-state index contributed by atoms with van der Waals surface area (Å²) in [7, 11) is -3.55. The fourth-order valence-corrected chi connectivity index (χ4v) is 3.35. The number of benzene rings is 1. The van der Waals surface area contributed by atoms with Crippen molar-refractivity contribution < 1.29 is 13.2 Å². The van der Waals surface area contributed by atoms with Crippen LogP contribution in [-0.4, -0.2) is 39.7 Å². The Morgan fingerprint density at radius 1 is 1.30 bits per heavy atom. The van der Waals surface area contributed by atoms with Crippen LogP contribution in [0.3, 0.4) is 0 Å². The van der Waals surface area contributed by atoms with Crippen LogP contribution >= 0.6 is 0 Å². The third-order valence-corrected chi connectivity index (χ3v) is 4.72. The molecule has 20 heavy (non-hydrogen) atoms. The molecule has 0 unspecified atom stereocenters. The highest BCUT2D eigenvalue weighted by Gasteiger charge is 2.20. The van der Waals surface area contributed by atoms with E-state index >= 15 is 0 Å². The van der Waals surface area contributed by atoms with Gasteiger partial charge >= 0.3 is 0 Å². The standard InChI is InChI=1S/C13H21N3O3S/c1-2-11-3-4-13(9-12(11)10-14)20(17,18)15-16-5-7-19-8-6-16/h3-4,9,15H,2,5-8,10,14H2,1H3. The van der Waals surface area contributed by atoms with E-state index in [-0.39, 0.29) is 4.90 Å². The molecule has 1 aromatic rings. The third kappa shape index (κ3) is 3.56. The first kappa shape index (κ1) is 15.4. The number of nitrogens with zero attached hydrogens (tertiary/aromatic N) is 1. The Balaban J connectivity index is 2.20. The van der Waals surface area contributed by atoms with Gasteiger partial charge in [-0.05, 0) is 29.7 Å². The summed E-state index contributed by atoms with van der Waals surface area (Å²) in [4.78, 5) is 2.84. The lowest BCUT2D eigenvalue weighted by Crippen LogP contribution is -2.48. The van der Waals surface area contributed by atoms with Crippen molar-refractivity contribution in [3.63, 3.8) is 0 Å². The Morgan fingerprint density at radius 3 is 2.60 bits per heavy atom. The summed E-state index contributed by atoms with van der Waals surface area (Å²) in [6, 6.07) is 5.11. The van der Waals surface area contributed by atoms with E-state index < -0.39 is 10.0 Å². The predicted octanol–water partition coefficient (Wildman–Crippen LogP) is 0.233. The summed E-state index contributed by atoms with van der Waals surface area (Å²) in [6.07, 6.45) is 0.837. The number of aryl methyl sites for hydroxylation is 1. The molecule has 1 aliphatic heterocycles. The molecule has 0 bridgehead atoms. The Hall–Kier alpha value is -0.990. The number of ether oxygens (including phenoxy) is 1. The number of hydrogen-bond acceptors (Lipinski definition) is 5. The van der Waals surface area contributed by atoms with Crippen LogP contribution < -0.4 is 10.6 Å². The second kappa shape index (κ2) is 6.64. The van der Waals surface area contributed by atoms with Crippen molar-refractivity contribution in [3.05, 3.63) is 29.3 Å². The van der Waals surface area contributed by atoms with E-state index in [0.29, 0.717) is 32.8 Å². The van der Waals surface area contributed by atoms with Gasteiger partial charge in [-0.2, -0.15) is 0 Å². The van der Waals surface area contributed by atoms with Gasteiger partial charge in [0.15, 0.2) is 0 Å². The van der Waals surface area contributed by atoms with E-state index in [1.54, 1.807) is 17.1 Å². The van der Waals surface area contributed by atoms with Crippen LogP contribution in [0.15, 0.2) is 23.1 Å². The monoisotopic (exact) mass is 299 g/mol. The van der Waals surface area contributed by atoms with Gasteiger partial charge in [-0.3, -0.25) is 0 Å². The molecule has 1 saturated heterocycles. The largest absolute Gasteiger partial charge is 0.379 e. The van der Waals surface area contributed by atoms with Gasteiger partial charge in [0.25, 0.3) is 10.0 Å². The highest BCUT2D eigenvalue weighted by atomic mass is 32.2. The molecule has 0 radical (unpaired) electrons. The number of rotatable bonds is 5. The van der Waals surface area contributed by atoms with E-state index in [4.69, 9.17) is 10.5 Å². The quantitative estimate of drug-likeness (QED) is 0.813. The van der Waals surface area contributed by atoms with Crippen molar-refractivity contribution in [3.8, 4) is 0 Å². The molecule has 0 amide bonds. The lowest BCUT2D eigenvalue weighted by molar-refractivity contribution is 0.0272. The number of hydrazine groups is 1. The molecule has 1 aromatic carbocycles. The average molecular weight is 299 g/mol. The smallest absolute Gasteiger partial charge is 0.253 e. The number of nitrogens with two attached hydrogens (primary N) is 1. The van der Waals surface area contributed by atoms with Crippen LogP contribution in [0.2, 0.25) is 0 Å². The minimum Gasteiger partial charge on any atom is -0.379 e. The molecular formula is C13H21N3O3S. The summed E-state index contributed by atoms with van der Waals surface area (Å²) < 4.78 is 29.9. The SMILES string of the molecule is CCc1ccc(S(=O)(=O)NN2CCOCC2)cc1CN. The molecule has 7 heteroatoms. The van der Waals surface area contributed by atoms with Crippen molar-refractivity contribution in [2.75, 3.05) is 26.3 Å². The van der Waals surface area contributed by atoms with Crippen LogP contribution in [0, 0.1) is 0 Å². The minimum absolute atomic E-state index is 0.252. The minimum atomic E-state index is -3.55. The number of sulfonamides is 1. The fraction of sp³-hybridized carbons (Fsp3) is 0.538. The van der Waals surface area contributed by atoms with Crippen LogP contribution in [0.1, 0.15) is 18.1 Å². The Kier molecular flexibility index (Phi) is 5.11. The van der Waals surface area contributed by atoms with Gasteiger partial charge in [0.1, 0.15) is 0 Å². The molecule has 112 valence electrons. The molecular weight excluding hydrogens is 278 g/mol. The molecule has 1 fully saturated rings. The van der Waals surface area contributed by atoms with Crippen molar-refractivity contribution in [2.24, 2.45) is 5.73 Å². The average Bonchev–Trinajstić information content (AvgIpc) is 2.47. The van der Waals surface area contributed by atoms with Crippen LogP contribution in [0.5, 0.6) is 0 Å². The summed E-state index contributed by atoms with van der Waals surface area (Å²) in [5, 5.41) is 1.66. The number of hydrogen-bond donors (Lipinski definition) is 2. The fourth-order valence-electron chi connectivity index (χ4n) is 2.18. The van der Waals surface area contributed by atoms with E-state index in [0.717, 1.165) is 17.5 Å². The van der Waals surface area contributed by atoms with Gasteiger partial charge in [-0.1, -0.05) is 13.0 Å². The van der Waals surface area contributed by atoms with Gasteiger partial charge in [0.05, 0.1) is 18.1 Å². The molecule has 0 aromatic heterocycles. The molecule has 3 N–H and O–H groups in total. The highest BCUT2D eigenvalue weighted by molar-refractivity contribution is 7.89. The van der Waals surface area contributed by atoms with Gasteiger partial charge in [-0.15, -0.1) is 4.83 Å². The van der Waals surface area contributed by atoms with Crippen molar-refractivity contribution in [2.45, 2.75) is 24.8 Å². The van der Waals surface area contributed by atoms with Gasteiger partial charge in [-0.25, -0.2) is 13.4 Å². The summed E-state index contributed by atoms with van der Waals surface area (Å²) in [6.45, 7) is 4.53. The van der Waals surface area contributed by atoms with Gasteiger partial charge in [0, 0.05) is 19.6 Å². The van der Waals surface area contributed by atoms with Crippen LogP contribution in [0.25, 0.3) is 0 Å². The zero-order valence-electron chi connectivity index (χ0n) is 11.6. The lowest BCUT2D eigenvalue weighted by Gasteiger charge is -2.26. The third-order valence-electron chi connectivity index (χ3n) is 3.35. The van der Waals surface area contributed by atoms with Gasteiger partial charge in [0.2, 0.25) is 0 Å². The Labute approximate surface area is 119 Å². The molecule has 1 heterocycles. The molecule has 0 aliphatic carbocycles. The van der Waals surface area contributed by atoms with Crippen molar-refractivity contribution in [1.82, 2.24) is 9.84 Å². The second-order valence-electron chi connectivity index (χ2n) is 4.68. The van der Waals surface area contributed by atoms with E-state index in [1.807, 2.05) is 13.0 Å². The first-order valence-electron chi connectivity index (χ1n) is 6.74.